The number of hydrogen-bond donors (Lipinski definition) is 3. The van der Waals surface area contributed by atoms with E-state index in [0.717, 1.165) is 32.4 Å². The van der Waals surface area contributed by atoms with Crippen LogP contribution in [0.15, 0.2) is 18.2 Å². The summed E-state index contributed by atoms with van der Waals surface area (Å²) < 4.78 is 13.6. The Morgan fingerprint density at radius 2 is 2.18 bits per heavy atom. The maximum atomic E-state index is 13.6. The molecule has 1 aromatic rings. The van der Waals surface area contributed by atoms with Crippen LogP contribution in [0.5, 0.6) is 0 Å². The Hall–Kier alpha value is -1.33. The van der Waals surface area contributed by atoms with E-state index in [1.165, 1.54) is 6.07 Å². The molecule has 4 nitrogen and oxygen atoms in total. The first-order chi connectivity index (χ1) is 10.6. The average molecular weight is 326 g/mol. The largest absolute Gasteiger partial charge is 0.338 e. The lowest BCUT2D eigenvalue weighted by atomic mass is 9.94. The van der Waals surface area contributed by atoms with Crippen LogP contribution in [0, 0.1) is 11.2 Å². The molecule has 2 fully saturated rings. The van der Waals surface area contributed by atoms with Gasteiger partial charge in [0.15, 0.2) is 0 Å². The van der Waals surface area contributed by atoms with Crippen LogP contribution in [-0.2, 0) is 6.42 Å². The fourth-order valence-electron chi connectivity index (χ4n) is 3.31. The fraction of sp³-hybridized carbons (Fsp3) is 0.562. The van der Waals surface area contributed by atoms with Gasteiger partial charge in [0.25, 0.3) is 0 Å². The van der Waals surface area contributed by atoms with Gasteiger partial charge < -0.3 is 16.0 Å². The molecule has 1 saturated carbocycles. The van der Waals surface area contributed by atoms with E-state index in [1.54, 1.807) is 12.1 Å². The number of halogens is 2. The molecule has 1 heterocycles. The van der Waals surface area contributed by atoms with Gasteiger partial charge >= 0.3 is 6.03 Å². The van der Waals surface area contributed by atoms with E-state index >= 15 is 0 Å². The predicted octanol–water partition coefficient (Wildman–Crippen LogP) is 2.46. The average Bonchev–Trinajstić information content (AvgIpc) is 3.14. The number of carbonyl (C=O) groups is 1. The van der Waals surface area contributed by atoms with Crippen LogP contribution in [0.2, 0.25) is 5.02 Å². The van der Waals surface area contributed by atoms with Crippen LogP contribution >= 0.6 is 11.6 Å². The molecule has 0 radical (unpaired) electrons. The molecule has 1 atom stereocenters. The van der Waals surface area contributed by atoms with Gasteiger partial charge in [0.2, 0.25) is 0 Å². The minimum atomic E-state index is -0.328. The summed E-state index contributed by atoms with van der Waals surface area (Å²) in [5.41, 5.74) is 0.767. The van der Waals surface area contributed by atoms with Gasteiger partial charge in [0.05, 0.1) is 0 Å². The van der Waals surface area contributed by atoms with E-state index in [2.05, 4.69) is 16.0 Å². The second kappa shape index (κ2) is 6.42. The van der Waals surface area contributed by atoms with Gasteiger partial charge in [-0.05, 0) is 56.3 Å². The molecule has 1 aliphatic carbocycles. The fourth-order valence-corrected chi connectivity index (χ4v) is 3.57. The molecule has 22 heavy (non-hydrogen) atoms. The van der Waals surface area contributed by atoms with Crippen LogP contribution in [0.1, 0.15) is 24.8 Å². The third-order valence-corrected chi connectivity index (χ3v) is 5.17. The van der Waals surface area contributed by atoms with Crippen molar-refractivity contribution >= 4 is 17.6 Å². The van der Waals surface area contributed by atoms with Gasteiger partial charge in [-0.3, -0.25) is 0 Å². The van der Waals surface area contributed by atoms with Crippen molar-refractivity contribution in [2.24, 2.45) is 5.41 Å². The molecule has 2 amide bonds. The zero-order chi connectivity index (χ0) is 15.6. The lowest BCUT2D eigenvalue weighted by Crippen LogP contribution is -2.41. The van der Waals surface area contributed by atoms with E-state index in [0.29, 0.717) is 29.0 Å². The zero-order valence-corrected chi connectivity index (χ0v) is 13.2. The van der Waals surface area contributed by atoms with E-state index in [1.807, 2.05) is 0 Å². The Labute approximate surface area is 134 Å². The lowest BCUT2D eigenvalue weighted by Gasteiger charge is -2.23. The minimum Gasteiger partial charge on any atom is -0.338 e. The van der Waals surface area contributed by atoms with Crippen molar-refractivity contribution in [1.29, 1.82) is 0 Å². The SMILES string of the molecule is O=C(NCCc1c(F)cccc1Cl)NC1CC12CCNCC2. The molecule has 0 bridgehead atoms. The molecule has 0 aromatic heterocycles. The highest BCUT2D eigenvalue weighted by molar-refractivity contribution is 6.31. The van der Waals surface area contributed by atoms with Crippen LogP contribution < -0.4 is 16.0 Å². The minimum absolute atomic E-state index is 0.173. The number of hydrogen-bond acceptors (Lipinski definition) is 2. The van der Waals surface area contributed by atoms with Crippen LogP contribution in [-0.4, -0.2) is 31.7 Å². The Bertz CT molecular complexity index is 540. The first kappa shape index (κ1) is 15.6. The smallest absolute Gasteiger partial charge is 0.315 e. The number of rotatable bonds is 4. The quantitative estimate of drug-likeness (QED) is 0.796. The highest BCUT2D eigenvalue weighted by atomic mass is 35.5. The van der Waals surface area contributed by atoms with E-state index in [4.69, 9.17) is 11.6 Å². The van der Waals surface area contributed by atoms with Crippen molar-refractivity contribution in [1.82, 2.24) is 16.0 Å². The maximum Gasteiger partial charge on any atom is 0.315 e. The second-order valence-corrected chi connectivity index (χ2v) is 6.63. The summed E-state index contributed by atoms with van der Waals surface area (Å²) in [6.07, 6.45) is 3.71. The predicted molar refractivity (Wildman–Crippen MR) is 84.6 cm³/mol. The Kier molecular flexibility index (Phi) is 4.54. The summed E-state index contributed by atoms with van der Waals surface area (Å²) in [6.45, 7) is 2.44. The third kappa shape index (κ3) is 3.36. The molecule has 3 N–H and O–H groups in total. The standard InChI is InChI=1S/C16H21ClFN3O/c17-12-2-1-3-13(18)11(12)4-7-20-15(22)21-14-10-16(14)5-8-19-9-6-16/h1-3,14,19H,4-10H2,(H2,20,21,22). The highest BCUT2D eigenvalue weighted by Gasteiger charge is 2.54. The Balaban J connectivity index is 1.42. The first-order valence-corrected chi connectivity index (χ1v) is 8.16. The van der Waals surface area contributed by atoms with Crippen molar-refractivity contribution in [3.05, 3.63) is 34.6 Å². The molecule has 3 rings (SSSR count). The van der Waals surface area contributed by atoms with Crippen LogP contribution in [0.3, 0.4) is 0 Å². The number of nitrogens with one attached hydrogen (secondary N) is 3. The Morgan fingerprint density at radius 1 is 1.41 bits per heavy atom. The molecular weight excluding hydrogens is 305 g/mol. The molecule has 2 aliphatic rings. The molecule has 1 saturated heterocycles. The summed E-state index contributed by atoms with van der Waals surface area (Å²) in [4.78, 5) is 11.9. The monoisotopic (exact) mass is 325 g/mol. The van der Waals surface area contributed by atoms with Crippen LogP contribution in [0.25, 0.3) is 0 Å². The molecule has 120 valence electrons. The van der Waals surface area contributed by atoms with Gasteiger partial charge in [0, 0.05) is 23.2 Å². The van der Waals surface area contributed by atoms with E-state index in [-0.39, 0.29) is 17.9 Å². The van der Waals surface area contributed by atoms with Crippen molar-refractivity contribution in [3.8, 4) is 0 Å². The van der Waals surface area contributed by atoms with Gasteiger partial charge in [-0.25, -0.2) is 9.18 Å². The van der Waals surface area contributed by atoms with Gasteiger partial charge in [-0.2, -0.15) is 0 Å². The third-order valence-electron chi connectivity index (χ3n) is 4.82. The topological polar surface area (TPSA) is 53.2 Å². The molecule has 1 aliphatic heterocycles. The van der Waals surface area contributed by atoms with Gasteiger partial charge in [0.1, 0.15) is 5.82 Å². The summed E-state index contributed by atoms with van der Waals surface area (Å²) >= 11 is 5.96. The summed E-state index contributed by atoms with van der Waals surface area (Å²) in [5.74, 6) is -0.328. The Morgan fingerprint density at radius 3 is 2.91 bits per heavy atom. The molecule has 1 spiro atoms. The highest BCUT2D eigenvalue weighted by Crippen LogP contribution is 2.52. The number of benzene rings is 1. The van der Waals surface area contributed by atoms with Gasteiger partial charge in [-0.1, -0.05) is 17.7 Å². The number of carbonyl (C=O) groups excluding carboxylic acids is 1. The van der Waals surface area contributed by atoms with Crippen molar-refractivity contribution in [3.63, 3.8) is 0 Å². The van der Waals surface area contributed by atoms with E-state index in [9.17, 15) is 9.18 Å². The second-order valence-electron chi connectivity index (χ2n) is 6.22. The zero-order valence-electron chi connectivity index (χ0n) is 12.4. The normalized spacial score (nSPS) is 22.4. The lowest BCUT2D eigenvalue weighted by molar-refractivity contribution is 0.236. The summed E-state index contributed by atoms with van der Waals surface area (Å²) in [5, 5.41) is 9.56. The van der Waals surface area contributed by atoms with Crippen molar-refractivity contribution in [2.45, 2.75) is 31.7 Å². The summed E-state index contributed by atoms with van der Waals surface area (Å²) in [6, 6.07) is 4.73. The van der Waals surface area contributed by atoms with Crippen molar-refractivity contribution in [2.75, 3.05) is 19.6 Å². The summed E-state index contributed by atoms with van der Waals surface area (Å²) in [7, 11) is 0. The number of piperidine rings is 1. The van der Waals surface area contributed by atoms with Crippen LogP contribution in [0.4, 0.5) is 9.18 Å². The number of amides is 2. The molecule has 1 aromatic carbocycles. The molecular formula is C16H21ClFN3O. The van der Waals surface area contributed by atoms with Gasteiger partial charge in [-0.15, -0.1) is 0 Å². The molecule has 1 unspecified atom stereocenters. The first-order valence-electron chi connectivity index (χ1n) is 7.79. The van der Waals surface area contributed by atoms with E-state index < -0.39 is 0 Å². The van der Waals surface area contributed by atoms with Crippen molar-refractivity contribution < 1.29 is 9.18 Å². The number of urea groups is 1. The maximum absolute atomic E-state index is 13.6. The molecule has 6 heteroatoms.